The lowest BCUT2D eigenvalue weighted by molar-refractivity contribution is -0.139. The summed E-state index contributed by atoms with van der Waals surface area (Å²) in [6.07, 6.45) is -5.89. The second-order valence-corrected chi connectivity index (χ2v) is 30.9. The lowest BCUT2D eigenvalue weighted by atomic mass is 10.00. The Morgan fingerprint density at radius 1 is 0.542 bits per heavy atom. The second kappa shape index (κ2) is 53.0. The molecule has 3 heterocycles. The number of para-hydroxylation sites is 2. The van der Waals surface area contributed by atoms with Gasteiger partial charge in [-0.25, -0.2) is 0 Å². The number of aliphatic hydroxyl groups excluding tert-OH is 1. The zero-order valence-corrected chi connectivity index (χ0v) is 71.9. The molecule has 1 fully saturated rings. The van der Waals surface area contributed by atoms with Gasteiger partial charge >= 0.3 is 5.97 Å². The molecule has 2 aromatic heterocycles. The highest BCUT2D eigenvalue weighted by molar-refractivity contribution is 6.02. The molecule has 0 radical (unpaired) electrons. The van der Waals surface area contributed by atoms with Gasteiger partial charge in [0.15, 0.2) is 5.96 Å². The number of aromatic nitrogens is 2. The highest BCUT2D eigenvalue weighted by atomic mass is 16.5. The number of guanidine groups is 1. The van der Waals surface area contributed by atoms with Crippen LogP contribution in [0.15, 0.2) is 85.2 Å². The number of benzene rings is 3. The van der Waals surface area contributed by atoms with Crippen molar-refractivity contribution >= 4 is 146 Å². The van der Waals surface area contributed by atoms with Crippen LogP contribution in [0.2, 0.25) is 0 Å². The molecule has 0 bridgehead atoms. The minimum Gasteiger partial charge on any atom is -0.508 e. The summed E-state index contributed by atoms with van der Waals surface area (Å²) in [5.41, 5.74) is 35.0. The van der Waals surface area contributed by atoms with Crippen LogP contribution >= 0.6 is 0 Å². The number of aliphatic hydroxyl groups is 1. The van der Waals surface area contributed by atoms with Crippen LogP contribution in [0, 0.1) is 5.41 Å². The Hall–Kier alpha value is -14.9. The van der Waals surface area contributed by atoms with E-state index in [0.717, 1.165) is 13.8 Å². The molecule has 5 aromatic rings. The first kappa shape index (κ1) is 105. The summed E-state index contributed by atoms with van der Waals surface area (Å²) < 4.78 is 5.27. The van der Waals surface area contributed by atoms with E-state index < -0.39 is 306 Å². The number of fused-ring (bicyclic) bond motifs is 2. The molecule has 0 spiro atoms. The number of hydrogen-bond donors (Lipinski definition) is 28. The van der Waals surface area contributed by atoms with Gasteiger partial charge in [-0.2, -0.15) is 0 Å². The fourth-order valence-corrected chi connectivity index (χ4v) is 13.6. The largest absolute Gasteiger partial charge is 0.508 e. The number of aromatic hydroxyl groups is 1. The molecule has 1 saturated heterocycles. The third-order valence-corrected chi connectivity index (χ3v) is 20.4. The maximum atomic E-state index is 15.6. The van der Waals surface area contributed by atoms with Crippen molar-refractivity contribution in [1.82, 2.24) is 95.0 Å². The van der Waals surface area contributed by atoms with Gasteiger partial charge in [-0.3, -0.25) is 101 Å². The number of primary amides is 4. The van der Waals surface area contributed by atoms with Crippen LogP contribution in [0.1, 0.15) is 120 Å². The van der Waals surface area contributed by atoms with Gasteiger partial charge in [0.1, 0.15) is 84.9 Å². The van der Waals surface area contributed by atoms with Crippen molar-refractivity contribution in [3.8, 4) is 5.75 Å². The molecule has 49 heteroatoms. The van der Waals surface area contributed by atoms with Crippen molar-refractivity contribution in [1.29, 1.82) is 5.41 Å². The van der Waals surface area contributed by atoms with Crippen molar-refractivity contribution in [3.05, 3.63) is 102 Å². The van der Waals surface area contributed by atoms with Crippen molar-refractivity contribution < 1.29 is 116 Å². The molecule has 0 aliphatic carbocycles. The molecule has 6 rings (SSSR count). The fourth-order valence-electron chi connectivity index (χ4n) is 13.6. The van der Waals surface area contributed by atoms with Crippen LogP contribution in [0.4, 0.5) is 0 Å². The van der Waals surface area contributed by atoms with E-state index in [0.29, 0.717) is 52.3 Å². The summed E-state index contributed by atoms with van der Waals surface area (Å²) in [6.45, 7) is -0.268. The monoisotopic (exact) mass is 1830 g/mol. The van der Waals surface area contributed by atoms with Crippen LogP contribution in [0.25, 0.3) is 21.8 Å². The van der Waals surface area contributed by atoms with Crippen LogP contribution in [0.3, 0.4) is 0 Å². The predicted octanol–water partition coefficient (Wildman–Crippen LogP) is -9.09. The van der Waals surface area contributed by atoms with Crippen molar-refractivity contribution in [2.75, 3.05) is 45.9 Å². The number of nitrogens with two attached hydrogens (primary N) is 6. The van der Waals surface area contributed by atoms with Gasteiger partial charge in [-0.1, -0.05) is 48.5 Å². The molecule has 13 atom stereocenters. The van der Waals surface area contributed by atoms with Crippen molar-refractivity contribution in [2.45, 2.75) is 202 Å². The zero-order chi connectivity index (χ0) is 96.6. The van der Waals surface area contributed by atoms with Gasteiger partial charge in [-0.15, -0.1) is 0 Å². The Balaban J connectivity index is 1.36. The summed E-state index contributed by atoms with van der Waals surface area (Å²) in [6, 6.07) is -3.01. The Bertz CT molecular complexity index is 4930. The maximum Gasteiger partial charge on any atom is 0.303 e. The number of carboxylic acids is 1. The number of H-pyrrole nitrogens is 2. The van der Waals surface area contributed by atoms with E-state index in [2.05, 4.69) is 95.0 Å². The highest BCUT2D eigenvalue weighted by Crippen LogP contribution is 2.23. The molecule has 131 heavy (non-hydrogen) atoms. The molecule has 0 saturated carbocycles. The average Bonchev–Trinajstić information content (AvgIpc) is 1.68. The predicted molar refractivity (Wildman–Crippen MR) is 464 cm³/mol. The first-order valence-electron chi connectivity index (χ1n) is 41.9. The molecular weight excluding hydrogens is 1720 g/mol. The topological polar surface area (TPSA) is 815 Å². The SMILES string of the molecule is CC(=O)N[C@H]1CNC(=O)CC[C@@H](C(=O)N[C@@H](Cc2ccc(O)cc2)C(=O)N[C@@H](Cc2c[nH]c3ccccc23)C(=O)N[C@@H](CCCNC(=N)N)C(=O)N[C@@H](CCC(=O)O)C(=O)N[C@@H](CC(N)=O)C(=O)NCC(=O)NCCOCC(=O)N[C@H](CCCCN)C(N)=O)NC(=O)[C@H](CCC(N)=O)NC(=O)[C@H](Cc2c[nH]c3ccccc23)NC(=O)[C@H]([C@@H](C)O)NC(=O)[C@H](CCC(N)=O)NC1=O. The molecule has 1 aliphatic heterocycles. The minimum atomic E-state index is -2.01. The van der Waals surface area contributed by atoms with Crippen molar-refractivity contribution in [2.24, 2.45) is 34.4 Å². The van der Waals surface area contributed by atoms with Gasteiger partial charge < -0.3 is 149 Å². The summed E-state index contributed by atoms with van der Waals surface area (Å²) in [4.78, 5) is 282. The van der Waals surface area contributed by atoms with Gasteiger partial charge in [0.25, 0.3) is 0 Å². The van der Waals surface area contributed by atoms with E-state index in [9.17, 15) is 87.2 Å². The lowest BCUT2D eigenvalue weighted by Gasteiger charge is -2.29. The van der Waals surface area contributed by atoms with E-state index in [-0.39, 0.29) is 43.9 Å². The number of carbonyl (C=O) groups is 20. The standard InChI is InChI=1S/C82H115N25O24/c1-41(108)69-81(130)106-59(34-45-37-93-50-13-6-4-11-48(45)50)79(128)101-53(20-24-62(84)111)73(122)99-55(22-26-65(114)94-38-61(96-42(2)109)80(129)102-54(76(125)107-69)21-25-63(85)112)74(123)103-57(32-43-16-18-46(110)19-17-43)77(126)104-58(33-44-36-92-49-12-5-3-10-47(44)49)78(127)98-52(15-9-29-91-82(88)89)72(121)100-56(23-27-68(117)118)75(124)105-60(35-64(86)113)71(120)95-39-66(115)90-30-31-131-40-67(116)97-51(70(87)119)14-7-8-28-83/h3-6,10-13,16-19,36-37,41,51-61,69,92-93,108,110H,7-9,14-15,20-35,38-40,83H2,1-2H3,(H2,84,111)(H2,85,112)(H2,86,113)(H2,87,119)(H,90,115)(H,94,114)(H,95,120)(H,96,109)(H,97,116)(H,98,127)(H,99,122)(H,100,121)(H,101,128)(H,102,129)(H,103,123)(H,104,126)(H,105,124)(H,106,130)(H,107,125)(H,117,118)(H4,88,89,91)/t41-,51-,52+,53+,54+,55+,56+,57+,58+,59+,60+,61+,69+/m1/s1. The number of aliphatic carboxylic acids is 1. The molecule has 34 N–H and O–H groups in total. The summed E-state index contributed by atoms with van der Waals surface area (Å²) >= 11 is 0. The normalized spacial score (nSPS) is 18.0. The van der Waals surface area contributed by atoms with Gasteiger partial charge in [0, 0.05) is 106 Å². The number of phenols is 1. The fraction of sp³-hybridized carbons (Fsp3) is 0.476. The van der Waals surface area contributed by atoms with Crippen molar-refractivity contribution in [3.63, 3.8) is 0 Å². The molecular formula is C82H115N25O24. The summed E-state index contributed by atoms with van der Waals surface area (Å²) in [7, 11) is 0. The quantitative estimate of drug-likeness (QED) is 0.00977. The molecule has 712 valence electrons. The number of hydrogen-bond acceptors (Lipinski definition) is 25. The molecule has 49 nitrogen and oxygen atoms in total. The Morgan fingerprint density at radius 2 is 1.08 bits per heavy atom. The Labute approximate surface area is 748 Å². The average molecular weight is 1830 g/mol. The van der Waals surface area contributed by atoms with E-state index in [4.69, 9.17) is 44.5 Å². The molecule has 19 amide bonds. The number of rotatable bonds is 47. The van der Waals surface area contributed by atoms with Crippen LogP contribution in [-0.4, -0.2) is 274 Å². The van der Waals surface area contributed by atoms with E-state index in [1.165, 1.54) is 36.7 Å². The summed E-state index contributed by atoms with van der Waals surface area (Å²) in [5, 5.41) is 79.1. The number of amides is 19. The Morgan fingerprint density at radius 3 is 1.66 bits per heavy atom. The van der Waals surface area contributed by atoms with E-state index >= 15 is 24.0 Å². The lowest BCUT2D eigenvalue weighted by Crippen LogP contribution is -2.62. The van der Waals surface area contributed by atoms with Gasteiger partial charge in [-0.05, 0) is 112 Å². The number of ether oxygens (including phenoxy) is 1. The van der Waals surface area contributed by atoms with Crippen LogP contribution in [-0.2, 0) is 120 Å². The van der Waals surface area contributed by atoms with Crippen LogP contribution < -0.4 is 119 Å². The summed E-state index contributed by atoms with van der Waals surface area (Å²) in [5.74, 6) is -23.0. The number of phenolic OH excluding ortho intramolecular Hbond substituents is 1. The number of nitrogens with one attached hydrogen (secondary N) is 19. The third kappa shape index (κ3) is 36.4. The smallest absolute Gasteiger partial charge is 0.303 e. The first-order valence-corrected chi connectivity index (χ1v) is 41.9. The molecule has 3 aromatic carbocycles. The van der Waals surface area contributed by atoms with Crippen LogP contribution in [0.5, 0.6) is 5.75 Å². The van der Waals surface area contributed by atoms with E-state index in [1.54, 1.807) is 48.5 Å². The number of unbranched alkanes of at least 4 members (excludes halogenated alkanes) is 1. The van der Waals surface area contributed by atoms with Gasteiger partial charge in [0.2, 0.25) is 112 Å². The zero-order valence-electron chi connectivity index (χ0n) is 71.9. The number of aromatic amines is 2. The number of carbonyl (C=O) groups excluding carboxylic acids is 19. The van der Waals surface area contributed by atoms with E-state index in [1.807, 2.05) is 0 Å². The molecule has 0 unspecified atom stereocenters. The maximum absolute atomic E-state index is 15.6. The highest BCUT2D eigenvalue weighted by Gasteiger charge is 2.40. The molecule has 1 aliphatic rings. The first-order chi connectivity index (χ1) is 62.2. The second-order valence-electron chi connectivity index (χ2n) is 30.9. The Kier molecular flexibility index (Phi) is 42.4. The minimum absolute atomic E-state index is 0.123. The van der Waals surface area contributed by atoms with Gasteiger partial charge in [0.05, 0.1) is 25.7 Å². The number of carboxylic acid groups (broad SMARTS) is 1. The third-order valence-electron chi connectivity index (χ3n) is 20.4.